The van der Waals surface area contributed by atoms with Gasteiger partial charge in [0, 0.05) is 28.7 Å². The number of hydrogen-bond acceptors (Lipinski definition) is 3. The Labute approximate surface area is 231 Å². The van der Waals surface area contributed by atoms with E-state index in [9.17, 15) is 9.59 Å². The molecule has 3 aromatic carbocycles. The Morgan fingerprint density at radius 2 is 1.64 bits per heavy atom. The minimum atomic E-state index is -0.453. The first-order valence-electron chi connectivity index (χ1n) is 13.8. The maximum Gasteiger partial charge on any atom is 0.316 e. The van der Waals surface area contributed by atoms with Gasteiger partial charge in [0.05, 0.1) is 18.6 Å². The first-order valence-corrected chi connectivity index (χ1v) is 13.8. The number of aromatic nitrogens is 1. The average molecular weight is 523 g/mol. The van der Waals surface area contributed by atoms with Crippen molar-refractivity contribution in [1.29, 1.82) is 0 Å². The molecule has 0 radical (unpaired) electrons. The van der Waals surface area contributed by atoms with Gasteiger partial charge in [0.15, 0.2) is 0 Å². The molecular formula is C34H38N2O3. The van der Waals surface area contributed by atoms with Crippen LogP contribution in [0.3, 0.4) is 0 Å². The summed E-state index contributed by atoms with van der Waals surface area (Å²) in [6.07, 6.45) is 1.69. The summed E-state index contributed by atoms with van der Waals surface area (Å²) in [5.41, 5.74) is 8.25. The molecule has 1 heterocycles. The lowest BCUT2D eigenvalue weighted by Gasteiger charge is -2.17. The number of hydrogen-bond donors (Lipinski definition) is 1. The molecule has 202 valence electrons. The molecule has 1 unspecified atom stereocenters. The van der Waals surface area contributed by atoms with E-state index in [0.717, 1.165) is 41.4 Å². The second kappa shape index (κ2) is 10.4. The highest BCUT2D eigenvalue weighted by Gasteiger charge is 2.52. The van der Waals surface area contributed by atoms with Crippen LogP contribution in [0.25, 0.3) is 10.9 Å². The lowest BCUT2D eigenvalue weighted by atomic mass is 9.95. The van der Waals surface area contributed by atoms with Gasteiger partial charge in [-0.3, -0.25) is 9.59 Å². The van der Waals surface area contributed by atoms with Crippen LogP contribution in [-0.2, 0) is 21.5 Å². The van der Waals surface area contributed by atoms with Gasteiger partial charge in [-0.1, -0.05) is 62.4 Å². The molecule has 4 aromatic rings. The Bertz CT molecular complexity index is 1540. The zero-order valence-corrected chi connectivity index (χ0v) is 23.8. The van der Waals surface area contributed by atoms with Crippen molar-refractivity contribution >= 4 is 22.8 Å². The third-order valence-electron chi connectivity index (χ3n) is 8.50. The van der Waals surface area contributed by atoms with Crippen molar-refractivity contribution in [2.75, 3.05) is 7.11 Å². The number of esters is 1. The Balaban J connectivity index is 1.35. The third kappa shape index (κ3) is 4.98. The number of amides is 1. The molecule has 5 rings (SSSR count). The fraction of sp³-hybridized carbons (Fsp3) is 0.353. The largest absolute Gasteiger partial charge is 0.468 e. The highest BCUT2D eigenvalue weighted by Crippen LogP contribution is 2.49. The van der Waals surface area contributed by atoms with Gasteiger partial charge in [-0.15, -0.1) is 0 Å². The third-order valence-corrected chi connectivity index (χ3v) is 8.50. The van der Waals surface area contributed by atoms with Gasteiger partial charge in [0.2, 0.25) is 0 Å². The molecule has 1 aliphatic rings. The van der Waals surface area contributed by atoms with E-state index in [1.165, 1.54) is 29.5 Å². The molecule has 0 saturated heterocycles. The number of carbonyl (C=O) groups excluding carboxylic acids is 2. The van der Waals surface area contributed by atoms with E-state index in [4.69, 9.17) is 4.74 Å². The zero-order chi connectivity index (χ0) is 27.9. The number of fused-ring (bicyclic) bond motifs is 1. The van der Waals surface area contributed by atoms with Gasteiger partial charge in [0.1, 0.15) is 0 Å². The number of ether oxygens (including phenoxy) is 1. The summed E-state index contributed by atoms with van der Waals surface area (Å²) in [5.74, 6) is 0.230. The molecule has 1 saturated carbocycles. The van der Waals surface area contributed by atoms with Crippen LogP contribution in [0.4, 0.5) is 0 Å². The molecule has 5 heteroatoms. The molecular weight excluding hydrogens is 484 g/mol. The molecule has 1 aliphatic carbocycles. The summed E-state index contributed by atoms with van der Waals surface area (Å²) < 4.78 is 7.34. The lowest BCUT2D eigenvalue weighted by Crippen LogP contribution is -2.26. The zero-order valence-electron chi connectivity index (χ0n) is 23.8. The van der Waals surface area contributed by atoms with Gasteiger partial charge in [-0.2, -0.15) is 0 Å². The van der Waals surface area contributed by atoms with E-state index >= 15 is 0 Å². The minimum absolute atomic E-state index is 0.0700. The predicted molar refractivity (Wildman–Crippen MR) is 156 cm³/mol. The minimum Gasteiger partial charge on any atom is -0.468 e. The number of benzene rings is 3. The van der Waals surface area contributed by atoms with E-state index in [1.54, 1.807) is 0 Å². The van der Waals surface area contributed by atoms with Crippen molar-refractivity contribution in [3.05, 3.63) is 106 Å². The normalized spacial score (nSPS) is 14.8. The summed E-state index contributed by atoms with van der Waals surface area (Å²) in [6, 6.07) is 22.7. The van der Waals surface area contributed by atoms with Crippen LogP contribution in [0.1, 0.15) is 89.4 Å². The van der Waals surface area contributed by atoms with Crippen LogP contribution < -0.4 is 5.32 Å². The van der Waals surface area contributed by atoms with E-state index in [1.807, 2.05) is 19.1 Å². The number of methoxy groups -OCH3 is 1. The van der Waals surface area contributed by atoms with Gasteiger partial charge < -0.3 is 14.6 Å². The van der Waals surface area contributed by atoms with E-state index in [-0.39, 0.29) is 17.9 Å². The molecule has 1 fully saturated rings. The van der Waals surface area contributed by atoms with Crippen LogP contribution in [0, 0.1) is 13.8 Å². The average Bonchev–Trinajstić information content (AvgIpc) is 3.73. The van der Waals surface area contributed by atoms with E-state index in [0.29, 0.717) is 11.5 Å². The van der Waals surface area contributed by atoms with Crippen LogP contribution in [0.5, 0.6) is 0 Å². The van der Waals surface area contributed by atoms with Crippen molar-refractivity contribution < 1.29 is 14.3 Å². The summed E-state index contributed by atoms with van der Waals surface area (Å²) in [7, 11) is 1.46. The number of rotatable bonds is 8. The summed E-state index contributed by atoms with van der Waals surface area (Å²) >= 11 is 0. The van der Waals surface area contributed by atoms with Crippen LogP contribution in [-0.4, -0.2) is 23.6 Å². The SMILES string of the molecule is COC(=O)C1(c2ccc(Cn3c(C)c(C)c4cc(C(=O)NC(C)c5cccc(C(C)C)c5)ccc43)cc2)CC1. The van der Waals surface area contributed by atoms with E-state index < -0.39 is 5.41 Å². The van der Waals surface area contributed by atoms with Gasteiger partial charge in [-0.05, 0) is 85.5 Å². The highest BCUT2D eigenvalue weighted by atomic mass is 16.5. The van der Waals surface area contributed by atoms with Crippen molar-refractivity contribution in [3.63, 3.8) is 0 Å². The van der Waals surface area contributed by atoms with Crippen molar-refractivity contribution in [2.24, 2.45) is 0 Å². The quantitative estimate of drug-likeness (QED) is 0.251. The lowest BCUT2D eigenvalue weighted by molar-refractivity contribution is -0.143. The van der Waals surface area contributed by atoms with Crippen molar-refractivity contribution in [1.82, 2.24) is 9.88 Å². The molecule has 39 heavy (non-hydrogen) atoms. The maximum atomic E-state index is 13.2. The Morgan fingerprint density at radius 1 is 0.949 bits per heavy atom. The standard InChI is InChI=1S/C34H38N2O3/c1-21(2)26-8-7-9-27(18-26)23(4)35-32(37)28-12-15-31-30(19-28)22(3)24(5)36(31)20-25-10-13-29(14-11-25)34(16-17-34)33(38)39-6/h7-15,18-19,21,23H,16-17,20H2,1-6H3,(H,35,37). The molecule has 0 aliphatic heterocycles. The van der Waals surface area contributed by atoms with Gasteiger partial charge in [-0.25, -0.2) is 0 Å². The van der Waals surface area contributed by atoms with Crippen LogP contribution >= 0.6 is 0 Å². The van der Waals surface area contributed by atoms with Crippen LogP contribution in [0.15, 0.2) is 66.7 Å². The van der Waals surface area contributed by atoms with Gasteiger partial charge in [0.25, 0.3) is 5.91 Å². The van der Waals surface area contributed by atoms with Crippen LogP contribution in [0.2, 0.25) is 0 Å². The first-order chi connectivity index (χ1) is 18.6. The number of nitrogens with zero attached hydrogens (tertiary/aromatic N) is 1. The Morgan fingerprint density at radius 3 is 2.28 bits per heavy atom. The smallest absolute Gasteiger partial charge is 0.316 e. The Kier molecular flexibility index (Phi) is 7.11. The van der Waals surface area contributed by atoms with Crippen molar-refractivity contribution in [2.45, 2.75) is 71.4 Å². The molecule has 1 atom stereocenters. The second-order valence-corrected chi connectivity index (χ2v) is 11.3. The molecule has 5 nitrogen and oxygen atoms in total. The number of nitrogens with one attached hydrogen (secondary N) is 1. The maximum absolute atomic E-state index is 13.2. The fourth-order valence-electron chi connectivity index (χ4n) is 5.59. The monoisotopic (exact) mass is 522 g/mol. The number of aryl methyl sites for hydroxylation is 1. The first kappa shape index (κ1) is 26.7. The summed E-state index contributed by atoms with van der Waals surface area (Å²) in [4.78, 5) is 25.5. The molecule has 0 bridgehead atoms. The number of carbonyl (C=O) groups is 2. The Hall–Kier alpha value is -3.86. The topological polar surface area (TPSA) is 60.3 Å². The highest BCUT2D eigenvalue weighted by molar-refractivity contribution is 5.99. The fourth-order valence-corrected chi connectivity index (χ4v) is 5.59. The second-order valence-electron chi connectivity index (χ2n) is 11.3. The predicted octanol–water partition coefficient (Wildman–Crippen LogP) is 7.13. The van der Waals surface area contributed by atoms with E-state index in [2.05, 4.69) is 92.2 Å². The molecule has 1 amide bonds. The van der Waals surface area contributed by atoms with Crippen molar-refractivity contribution in [3.8, 4) is 0 Å². The molecule has 0 spiro atoms. The van der Waals surface area contributed by atoms with Gasteiger partial charge >= 0.3 is 5.97 Å². The summed E-state index contributed by atoms with van der Waals surface area (Å²) in [6.45, 7) is 11.4. The molecule has 1 aromatic heterocycles. The molecule has 1 N–H and O–H groups in total. The summed E-state index contributed by atoms with van der Waals surface area (Å²) in [5, 5.41) is 4.27.